The molecule has 0 aromatic carbocycles. The average Bonchev–Trinajstić information content (AvgIpc) is 2.43. The molecule has 1 aliphatic carbocycles. The largest absolute Gasteiger partial charge is 0.352 e. The smallest absolute Gasteiger partial charge is 0.234 e. The number of amides is 1. The second-order valence-electron chi connectivity index (χ2n) is 7.01. The average molecular weight is 281 g/mol. The summed E-state index contributed by atoms with van der Waals surface area (Å²) >= 11 is 0. The maximum atomic E-state index is 12.2. The second-order valence-corrected chi connectivity index (χ2v) is 7.01. The summed E-state index contributed by atoms with van der Waals surface area (Å²) in [5.41, 5.74) is 5.86. The maximum Gasteiger partial charge on any atom is 0.234 e. The molecule has 0 radical (unpaired) electrons. The SMILES string of the molecule is CC1CCC(NC(=O)CN2CCC(C)CC2CN)CC1. The third-order valence-electron chi connectivity index (χ3n) is 5.10. The van der Waals surface area contributed by atoms with Crippen LogP contribution in [0, 0.1) is 11.8 Å². The van der Waals surface area contributed by atoms with E-state index < -0.39 is 0 Å². The number of hydrogen-bond donors (Lipinski definition) is 2. The fourth-order valence-corrected chi connectivity index (χ4v) is 3.62. The molecule has 0 bridgehead atoms. The number of carbonyl (C=O) groups excluding carboxylic acids is 1. The molecule has 2 unspecified atom stereocenters. The van der Waals surface area contributed by atoms with Gasteiger partial charge in [-0.25, -0.2) is 0 Å². The maximum absolute atomic E-state index is 12.2. The van der Waals surface area contributed by atoms with Gasteiger partial charge in [0.15, 0.2) is 0 Å². The van der Waals surface area contributed by atoms with E-state index in [2.05, 4.69) is 24.1 Å². The summed E-state index contributed by atoms with van der Waals surface area (Å²) in [5.74, 6) is 1.76. The van der Waals surface area contributed by atoms with Crippen molar-refractivity contribution in [1.29, 1.82) is 0 Å². The Labute approximate surface area is 123 Å². The summed E-state index contributed by atoms with van der Waals surface area (Å²) < 4.78 is 0. The first-order valence-electron chi connectivity index (χ1n) is 8.32. The van der Waals surface area contributed by atoms with Gasteiger partial charge in [0.1, 0.15) is 0 Å². The summed E-state index contributed by atoms with van der Waals surface area (Å²) in [7, 11) is 0. The van der Waals surface area contributed by atoms with Crippen molar-refractivity contribution in [3.63, 3.8) is 0 Å². The molecule has 1 heterocycles. The summed E-state index contributed by atoms with van der Waals surface area (Å²) in [5, 5.41) is 3.22. The summed E-state index contributed by atoms with van der Waals surface area (Å²) in [6.07, 6.45) is 7.10. The van der Waals surface area contributed by atoms with Crippen LogP contribution in [0.1, 0.15) is 52.4 Å². The van der Waals surface area contributed by atoms with Crippen molar-refractivity contribution in [3.05, 3.63) is 0 Å². The first kappa shape index (κ1) is 15.8. The lowest BCUT2D eigenvalue weighted by Gasteiger charge is -2.38. The molecule has 116 valence electrons. The number of piperidine rings is 1. The molecule has 1 saturated carbocycles. The summed E-state index contributed by atoms with van der Waals surface area (Å²) in [6, 6.07) is 0.787. The number of nitrogens with one attached hydrogen (secondary N) is 1. The van der Waals surface area contributed by atoms with Crippen molar-refractivity contribution < 1.29 is 4.79 Å². The van der Waals surface area contributed by atoms with Gasteiger partial charge in [-0.05, 0) is 56.9 Å². The summed E-state index contributed by atoms with van der Waals surface area (Å²) in [6.45, 7) is 6.79. The number of carbonyl (C=O) groups is 1. The monoisotopic (exact) mass is 281 g/mol. The highest BCUT2D eigenvalue weighted by Crippen LogP contribution is 2.24. The Morgan fingerprint density at radius 2 is 1.85 bits per heavy atom. The van der Waals surface area contributed by atoms with Gasteiger partial charge >= 0.3 is 0 Å². The van der Waals surface area contributed by atoms with E-state index in [1.807, 2.05) is 0 Å². The fourth-order valence-electron chi connectivity index (χ4n) is 3.62. The van der Waals surface area contributed by atoms with Crippen molar-refractivity contribution in [2.45, 2.75) is 64.5 Å². The Balaban J connectivity index is 1.76. The Hall–Kier alpha value is -0.610. The van der Waals surface area contributed by atoms with Gasteiger partial charge in [-0.3, -0.25) is 9.69 Å². The van der Waals surface area contributed by atoms with Crippen LogP contribution in [0.4, 0.5) is 0 Å². The van der Waals surface area contributed by atoms with Crippen molar-refractivity contribution in [3.8, 4) is 0 Å². The highest BCUT2D eigenvalue weighted by atomic mass is 16.2. The number of likely N-dealkylation sites (tertiary alicyclic amines) is 1. The summed E-state index contributed by atoms with van der Waals surface area (Å²) in [4.78, 5) is 14.5. The van der Waals surface area contributed by atoms with Crippen molar-refractivity contribution in [1.82, 2.24) is 10.2 Å². The van der Waals surface area contributed by atoms with E-state index in [0.29, 0.717) is 25.2 Å². The number of nitrogens with two attached hydrogens (primary N) is 1. The number of rotatable bonds is 4. The van der Waals surface area contributed by atoms with Crippen LogP contribution in [-0.2, 0) is 4.79 Å². The predicted octanol–water partition coefficient (Wildman–Crippen LogP) is 1.74. The molecule has 20 heavy (non-hydrogen) atoms. The van der Waals surface area contributed by atoms with E-state index in [1.165, 1.54) is 19.3 Å². The number of nitrogens with zero attached hydrogens (tertiary/aromatic N) is 1. The Kier molecular flexibility index (Phi) is 5.85. The van der Waals surface area contributed by atoms with Gasteiger partial charge < -0.3 is 11.1 Å². The molecule has 2 rings (SSSR count). The van der Waals surface area contributed by atoms with E-state index in [4.69, 9.17) is 5.73 Å². The molecule has 1 saturated heterocycles. The molecule has 0 spiro atoms. The molecule has 4 nitrogen and oxygen atoms in total. The molecular weight excluding hydrogens is 250 g/mol. The fraction of sp³-hybridized carbons (Fsp3) is 0.938. The molecule has 3 N–H and O–H groups in total. The minimum absolute atomic E-state index is 0.192. The molecule has 2 aliphatic rings. The lowest BCUT2D eigenvalue weighted by Crippen LogP contribution is -2.51. The zero-order valence-electron chi connectivity index (χ0n) is 13.1. The van der Waals surface area contributed by atoms with Crippen LogP contribution < -0.4 is 11.1 Å². The van der Waals surface area contributed by atoms with E-state index >= 15 is 0 Å². The van der Waals surface area contributed by atoms with Gasteiger partial charge in [-0.15, -0.1) is 0 Å². The van der Waals surface area contributed by atoms with Crippen LogP contribution in [-0.4, -0.2) is 42.5 Å². The van der Waals surface area contributed by atoms with Crippen molar-refractivity contribution in [2.24, 2.45) is 17.6 Å². The van der Waals surface area contributed by atoms with Crippen molar-refractivity contribution >= 4 is 5.91 Å². The topological polar surface area (TPSA) is 58.4 Å². The Morgan fingerprint density at radius 3 is 2.50 bits per heavy atom. The normalized spacial score (nSPS) is 35.8. The van der Waals surface area contributed by atoms with Crippen LogP contribution in [0.25, 0.3) is 0 Å². The highest BCUT2D eigenvalue weighted by Gasteiger charge is 2.27. The van der Waals surface area contributed by atoms with Crippen molar-refractivity contribution in [2.75, 3.05) is 19.6 Å². The molecule has 1 aliphatic heterocycles. The quantitative estimate of drug-likeness (QED) is 0.825. The van der Waals surface area contributed by atoms with Crippen LogP contribution >= 0.6 is 0 Å². The predicted molar refractivity (Wildman–Crippen MR) is 82.4 cm³/mol. The van der Waals surface area contributed by atoms with E-state index in [1.54, 1.807) is 0 Å². The first-order valence-corrected chi connectivity index (χ1v) is 8.32. The molecule has 0 aromatic rings. The van der Waals surface area contributed by atoms with Crippen LogP contribution in [0.5, 0.6) is 0 Å². The molecule has 0 aromatic heterocycles. The Morgan fingerprint density at radius 1 is 1.15 bits per heavy atom. The van der Waals surface area contributed by atoms with Crippen LogP contribution in [0.2, 0.25) is 0 Å². The number of hydrogen-bond acceptors (Lipinski definition) is 3. The van der Waals surface area contributed by atoms with E-state index in [9.17, 15) is 4.79 Å². The van der Waals surface area contributed by atoms with E-state index in [-0.39, 0.29) is 5.91 Å². The van der Waals surface area contributed by atoms with Gasteiger partial charge in [0.25, 0.3) is 0 Å². The molecular formula is C16H31N3O. The third kappa shape index (κ3) is 4.45. The van der Waals surface area contributed by atoms with Gasteiger partial charge in [-0.2, -0.15) is 0 Å². The zero-order valence-corrected chi connectivity index (χ0v) is 13.1. The molecule has 4 heteroatoms. The third-order valence-corrected chi connectivity index (χ3v) is 5.10. The lowest BCUT2D eigenvalue weighted by molar-refractivity contribution is -0.124. The lowest BCUT2D eigenvalue weighted by atomic mass is 9.87. The Bertz CT molecular complexity index is 313. The van der Waals surface area contributed by atoms with Gasteiger partial charge in [0.2, 0.25) is 5.91 Å². The van der Waals surface area contributed by atoms with Gasteiger partial charge in [0, 0.05) is 18.6 Å². The minimum atomic E-state index is 0.192. The minimum Gasteiger partial charge on any atom is -0.352 e. The highest BCUT2D eigenvalue weighted by molar-refractivity contribution is 5.78. The zero-order chi connectivity index (χ0) is 14.5. The first-order chi connectivity index (χ1) is 9.58. The molecule has 2 atom stereocenters. The van der Waals surface area contributed by atoms with Gasteiger partial charge in [-0.1, -0.05) is 13.8 Å². The van der Waals surface area contributed by atoms with E-state index in [0.717, 1.165) is 37.6 Å². The second kappa shape index (κ2) is 7.41. The molecule has 2 fully saturated rings. The standard InChI is InChI=1S/C16H31N3O/c1-12-3-5-14(6-4-12)18-16(20)11-19-8-7-13(2)9-15(19)10-17/h12-15H,3-11,17H2,1-2H3,(H,18,20). The van der Waals surface area contributed by atoms with Crippen LogP contribution in [0.3, 0.4) is 0 Å². The molecule has 1 amide bonds. The van der Waals surface area contributed by atoms with Gasteiger partial charge in [0.05, 0.1) is 6.54 Å². The van der Waals surface area contributed by atoms with Crippen LogP contribution in [0.15, 0.2) is 0 Å².